The Hall–Kier alpha value is -1.58. The Labute approximate surface area is 132 Å². The molecule has 1 atom stereocenters. The van der Waals surface area contributed by atoms with Crippen LogP contribution in [-0.4, -0.2) is 35.0 Å². The van der Waals surface area contributed by atoms with Gasteiger partial charge < -0.3 is 9.64 Å². The van der Waals surface area contributed by atoms with Gasteiger partial charge in [-0.05, 0) is 37.3 Å². The van der Waals surface area contributed by atoms with Crippen molar-refractivity contribution in [3.8, 4) is 5.88 Å². The summed E-state index contributed by atoms with van der Waals surface area (Å²) in [4.78, 5) is 18.8. The Bertz CT molecular complexity index is 520. The first kappa shape index (κ1) is 15.3. The zero-order chi connectivity index (χ0) is 15.5. The van der Waals surface area contributed by atoms with Crippen LogP contribution < -0.4 is 4.74 Å². The second-order valence-corrected chi connectivity index (χ2v) is 6.79. The van der Waals surface area contributed by atoms with E-state index in [0.29, 0.717) is 17.7 Å². The molecule has 1 aromatic heterocycles. The number of piperidine rings is 1. The minimum atomic E-state index is 0.178. The number of amides is 1. The van der Waals surface area contributed by atoms with E-state index >= 15 is 0 Å². The Balaban J connectivity index is 1.48. The molecule has 3 rings (SSSR count). The lowest BCUT2D eigenvalue weighted by molar-refractivity contribution is -0.139. The summed E-state index contributed by atoms with van der Waals surface area (Å²) in [5.74, 6) is 1.87. The minimum Gasteiger partial charge on any atom is -0.474 e. The minimum absolute atomic E-state index is 0.178. The highest BCUT2D eigenvalue weighted by molar-refractivity contribution is 5.79. The Morgan fingerprint density at radius 2 is 2.05 bits per heavy atom. The first-order valence-corrected chi connectivity index (χ1v) is 8.51. The standard InChI is InChI=1S/C18H26N2O2/c1-13-6-9-19-17(12-13)22-16-7-10-20(11-8-16)18(21)14(2)15-4-3-5-15/h6,9,12,14-16H,3-5,7-8,10-11H2,1-2H3. The summed E-state index contributed by atoms with van der Waals surface area (Å²) in [5.41, 5.74) is 1.16. The van der Waals surface area contributed by atoms with Gasteiger partial charge in [0.25, 0.3) is 0 Å². The molecule has 0 aromatic carbocycles. The van der Waals surface area contributed by atoms with Crippen LogP contribution in [0.5, 0.6) is 5.88 Å². The summed E-state index contributed by atoms with van der Waals surface area (Å²) >= 11 is 0. The monoisotopic (exact) mass is 302 g/mol. The molecule has 1 unspecified atom stereocenters. The van der Waals surface area contributed by atoms with Gasteiger partial charge in [-0.3, -0.25) is 4.79 Å². The number of hydrogen-bond donors (Lipinski definition) is 0. The van der Waals surface area contributed by atoms with Crippen molar-refractivity contribution in [1.82, 2.24) is 9.88 Å². The van der Waals surface area contributed by atoms with Crippen LogP contribution in [0, 0.1) is 18.8 Å². The number of aromatic nitrogens is 1. The molecule has 2 heterocycles. The molecule has 2 fully saturated rings. The van der Waals surface area contributed by atoms with Gasteiger partial charge in [0.2, 0.25) is 11.8 Å². The van der Waals surface area contributed by atoms with Crippen LogP contribution in [0.4, 0.5) is 0 Å². The fourth-order valence-electron chi connectivity index (χ4n) is 3.37. The van der Waals surface area contributed by atoms with Gasteiger partial charge >= 0.3 is 0 Å². The van der Waals surface area contributed by atoms with Crippen LogP contribution in [0.15, 0.2) is 18.3 Å². The predicted octanol–water partition coefficient (Wildman–Crippen LogP) is 3.20. The molecule has 0 N–H and O–H groups in total. The van der Waals surface area contributed by atoms with Crippen LogP contribution in [0.1, 0.15) is 44.6 Å². The highest BCUT2D eigenvalue weighted by atomic mass is 16.5. The molecule has 0 spiro atoms. The average Bonchev–Trinajstić information content (AvgIpc) is 2.45. The molecule has 1 amide bonds. The largest absolute Gasteiger partial charge is 0.474 e. The molecule has 1 saturated carbocycles. The Morgan fingerprint density at radius 3 is 2.64 bits per heavy atom. The first-order valence-electron chi connectivity index (χ1n) is 8.51. The van der Waals surface area contributed by atoms with Gasteiger partial charge in [-0.1, -0.05) is 13.3 Å². The molecule has 22 heavy (non-hydrogen) atoms. The van der Waals surface area contributed by atoms with Crippen LogP contribution >= 0.6 is 0 Å². The number of carbonyl (C=O) groups is 1. The van der Waals surface area contributed by atoms with E-state index in [0.717, 1.165) is 31.5 Å². The van der Waals surface area contributed by atoms with Gasteiger partial charge in [0, 0.05) is 44.1 Å². The predicted molar refractivity (Wildman–Crippen MR) is 85.7 cm³/mol. The van der Waals surface area contributed by atoms with Crippen molar-refractivity contribution in [1.29, 1.82) is 0 Å². The van der Waals surface area contributed by atoms with Gasteiger partial charge in [-0.15, -0.1) is 0 Å². The molecule has 1 aromatic rings. The summed E-state index contributed by atoms with van der Waals surface area (Å²) < 4.78 is 5.96. The van der Waals surface area contributed by atoms with Crippen molar-refractivity contribution < 1.29 is 9.53 Å². The summed E-state index contributed by atoms with van der Waals surface area (Å²) in [6, 6.07) is 3.94. The summed E-state index contributed by atoms with van der Waals surface area (Å²) in [7, 11) is 0. The summed E-state index contributed by atoms with van der Waals surface area (Å²) in [6.45, 7) is 5.77. The topological polar surface area (TPSA) is 42.4 Å². The van der Waals surface area contributed by atoms with E-state index in [1.807, 2.05) is 24.0 Å². The maximum absolute atomic E-state index is 12.5. The quantitative estimate of drug-likeness (QED) is 0.858. The zero-order valence-electron chi connectivity index (χ0n) is 13.6. The number of hydrogen-bond acceptors (Lipinski definition) is 3. The molecule has 120 valence electrons. The highest BCUT2D eigenvalue weighted by Gasteiger charge is 2.33. The van der Waals surface area contributed by atoms with Gasteiger partial charge in [-0.2, -0.15) is 0 Å². The number of carbonyl (C=O) groups excluding carboxylic acids is 1. The van der Waals surface area contributed by atoms with E-state index in [1.54, 1.807) is 6.20 Å². The van der Waals surface area contributed by atoms with E-state index in [4.69, 9.17) is 4.74 Å². The van der Waals surface area contributed by atoms with Crippen molar-refractivity contribution in [3.63, 3.8) is 0 Å². The highest BCUT2D eigenvalue weighted by Crippen LogP contribution is 2.34. The maximum Gasteiger partial charge on any atom is 0.225 e. The lowest BCUT2D eigenvalue weighted by atomic mass is 9.76. The molecule has 2 aliphatic rings. The molecule has 1 saturated heterocycles. The molecule has 0 radical (unpaired) electrons. The Morgan fingerprint density at radius 1 is 1.32 bits per heavy atom. The number of ether oxygens (including phenoxy) is 1. The lowest BCUT2D eigenvalue weighted by Crippen LogP contribution is -2.45. The molecule has 1 aliphatic heterocycles. The van der Waals surface area contributed by atoms with Gasteiger partial charge in [-0.25, -0.2) is 4.98 Å². The number of rotatable bonds is 4. The number of aryl methyl sites for hydroxylation is 1. The third-order valence-electron chi connectivity index (χ3n) is 5.18. The van der Waals surface area contributed by atoms with Gasteiger partial charge in [0.05, 0.1) is 0 Å². The Kier molecular flexibility index (Phi) is 4.65. The smallest absolute Gasteiger partial charge is 0.225 e. The van der Waals surface area contributed by atoms with Crippen molar-refractivity contribution >= 4 is 5.91 Å². The molecule has 4 nitrogen and oxygen atoms in total. The van der Waals surface area contributed by atoms with Gasteiger partial charge in [0.1, 0.15) is 6.10 Å². The number of nitrogens with zero attached hydrogens (tertiary/aromatic N) is 2. The van der Waals surface area contributed by atoms with Crippen molar-refractivity contribution in [3.05, 3.63) is 23.9 Å². The van der Waals surface area contributed by atoms with E-state index in [1.165, 1.54) is 19.3 Å². The molecule has 0 bridgehead atoms. The van der Waals surface area contributed by atoms with Gasteiger partial charge in [0.15, 0.2) is 0 Å². The fraction of sp³-hybridized carbons (Fsp3) is 0.667. The number of pyridine rings is 1. The van der Waals surface area contributed by atoms with Crippen LogP contribution in [-0.2, 0) is 4.79 Å². The molecular weight excluding hydrogens is 276 g/mol. The van der Waals surface area contributed by atoms with Crippen LogP contribution in [0.2, 0.25) is 0 Å². The lowest BCUT2D eigenvalue weighted by Gasteiger charge is -2.37. The van der Waals surface area contributed by atoms with Crippen molar-refractivity contribution in [2.45, 2.75) is 52.1 Å². The maximum atomic E-state index is 12.5. The summed E-state index contributed by atoms with van der Waals surface area (Å²) in [5, 5.41) is 0. The van der Waals surface area contributed by atoms with Crippen LogP contribution in [0.25, 0.3) is 0 Å². The van der Waals surface area contributed by atoms with E-state index in [2.05, 4.69) is 11.9 Å². The summed E-state index contributed by atoms with van der Waals surface area (Å²) in [6.07, 6.45) is 7.51. The van der Waals surface area contributed by atoms with Crippen molar-refractivity contribution in [2.24, 2.45) is 11.8 Å². The third-order valence-corrected chi connectivity index (χ3v) is 5.18. The van der Waals surface area contributed by atoms with E-state index in [9.17, 15) is 4.79 Å². The van der Waals surface area contributed by atoms with Crippen LogP contribution in [0.3, 0.4) is 0 Å². The third kappa shape index (κ3) is 3.42. The molecule has 1 aliphatic carbocycles. The zero-order valence-corrected chi connectivity index (χ0v) is 13.6. The van der Waals surface area contributed by atoms with E-state index < -0.39 is 0 Å². The SMILES string of the molecule is Cc1ccnc(OC2CCN(C(=O)C(C)C3CCC3)CC2)c1. The van der Waals surface area contributed by atoms with E-state index in [-0.39, 0.29) is 12.0 Å². The normalized spacial score (nSPS) is 21.3. The number of likely N-dealkylation sites (tertiary alicyclic amines) is 1. The second kappa shape index (κ2) is 6.67. The first-order chi connectivity index (χ1) is 10.6. The van der Waals surface area contributed by atoms with Crippen molar-refractivity contribution in [2.75, 3.05) is 13.1 Å². The fourth-order valence-corrected chi connectivity index (χ4v) is 3.37. The average molecular weight is 302 g/mol. The molecular formula is C18H26N2O2. The molecule has 4 heteroatoms. The second-order valence-electron chi connectivity index (χ2n) is 6.79.